The number of hydrogen-bond donors (Lipinski definition) is 3. The summed E-state index contributed by atoms with van der Waals surface area (Å²) >= 11 is 0. The third-order valence-electron chi connectivity index (χ3n) is 1.65. The zero-order chi connectivity index (χ0) is 11.4. The van der Waals surface area contributed by atoms with Crippen molar-refractivity contribution in [2.45, 2.75) is 0 Å². The van der Waals surface area contributed by atoms with E-state index < -0.39 is 18.6 Å². The molecule has 15 heavy (non-hydrogen) atoms. The summed E-state index contributed by atoms with van der Waals surface area (Å²) in [4.78, 5) is 21.4. The molecule has 1 heterocycles. The average molecular weight is 209 g/mol. The Kier molecular flexibility index (Phi) is 3.43. The predicted octanol–water partition coefficient (Wildman–Crippen LogP) is -1.92. The fourth-order valence-corrected chi connectivity index (χ4v) is 0.933. The van der Waals surface area contributed by atoms with E-state index >= 15 is 0 Å². The summed E-state index contributed by atoms with van der Waals surface area (Å²) in [5, 5.41) is 25.8. The van der Waals surface area contributed by atoms with Gasteiger partial charge in [-0.2, -0.15) is 0 Å². The summed E-state index contributed by atoms with van der Waals surface area (Å²) in [6.45, 7) is 0. The van der Waals surface area contributed by atoms with E-state index in [1.54, 1.807) is 0 Å². The van der Waals surface area contributed by atoms with Gasteiger partial charge >= 0.3 is 13.1 Å². The van der Waals surface area contributed by atoms with Crippen LogP contribution in [0.25, 0.3) is 6.20 Å². The van der Waals surface area contributed by atoms with Crippen molar-refractivity contribution in [1.29, 1.82) is 0 Å². The fraction of sp³-hybridized carbons (Fsp3) is 0. The third-order valence-corrected chi connectivity index (χ3v) is 1.65. The summed E-state index contributed by atoms with van der Waals surface area (Å²) in [6, 6.07) is 2.31. The van der Waals surface area contributed by atoms with Crippen LogP contribution in [-0.4, -0.2) is 32.8 Å². The van der Waals surface area contributed by atoms with E-state index in [0.29, 0.717) is 0 Å². The fourth-order valence-electron chi connectivity index (χ4n) is 0.933. The van der Waals surface area contributed by atoms with Crippen LogP contribution in [0.1, 0.15) is 0 Å². The molecule has 7 heteroatoms. The summed E-state index contributed by atoms with van der Waals surface area (Å²) in [5.74, 6) is -1.17. The number of aromatic nitrogens is 1. The van der Waals surface area contributed by atoms with E-state index in [4.69, 9.17) is 15.2 Å². The van der Waals surface area contributed by atoms with E-state index in [1.165, 1.54) is 12.3 Å². The number of carboxylic acids is 1. The number of carbonyl (C=O) groups is 1. The molecule has 1 aromatic rings. The smallest absolute Gasteiger partial charge is 0.478 e. The van der Waals surface area contributed by atoms with E-state index in [-0.39, 0.29) is 5.46 Å². The van der Waals surface area contributed by atoms with Gasteiger partial charge in [0.2, 0.25) is 0 Å². The van der Waals surface area contributed by atoms with Crippen LogP contribution in [0.4, 0.5) is 0 Å². The number of carboxylic acid groups (broad SMARTS) is 1. The Bertz CT molecular complexity index is 451. The first-order valence-corrected chi connectivity index (χ1v) is 4.00. The highest BCUT2D eigenvalue weighted by molar-refractivity contribution is 6.58. The second kappa shape index (κ2) is 4.58. The van der Waals surface area contributed by atoms with Gasteiger partial charge in [-0.05, 0) is 11.5 Å². The molecule has 0 aromatic carbocycles. The Morgan fingerprint density at radius 1 is 1.47 bits per heavy atom. The SMILES string of the molecule is O=C(O)/C=C/n1ccc(B(O)O)cc1=O. The third kappa shape index (κ3) is 3.08. The zero-order valence-corrected chi connectivity index (χ0v) is 7.57. The Balaban J connectivity index is 3.04. The highest BCUT2D eigenvalue weighted by atomic mass is 16.4. The van der Waals surface area contributed by atoms with Gasteiger partial charge in [0.05, 0.1) is 0 Å². The molecule has 6 nitrogen and oxygen atoms in total. The van der Waals surface area contributed by atoms with Crippen LogP contribution < -0.4 is 11.0 Å². The molecule has 3 N–H and O–H groups in total. The second-order valence-electron chi connectivity index (χ2n) is 2.73. The molecule has 1 aromatic heterocycles. The highest BCUT2D eigenvalue weighted by Crippen LogP contribution is 1.84. The Morgan fingerprint density at radius 2 is 2.13 bits per heavy atom. The van der Waals surface area contributed by atoms with Crippen LogP contribution in [0.2, 0.25) is 0 Å². The molecular weight excluding hydrogens is 201 g/mol. The minimum absolute atomic E-state index is 0.0555. The molecule has 0 spiro atoms. The van der Waals surface area contributed by atoms with Gasteiger partial charge in [0.1, 0.15) is 0 Å². The van der Waals surface area contributed by atoms with E-state index in [2.05, 4.69) is 0 Å². The minimum Gasteiger partial charge on any atom is -0.478 e. The van der Waals surface area contributed by atoms with Crippen molar-refractivity contribution < 1.29 is 19.9 Å². The molecule has 0 aliphatic heterocycles. The van der Waals surface area contributed by atoms with Crippen molar-refractivity contribution >= 4 is 24.8 Å². The van der Waals surface area contributed by atoms with Crippen molar-refractivity contribution in [2.24, 2.45) is 0 Å². The number of rotatable bonds is 3. The number of pyridine rings is 1. The molecule has 1 rings (SSSR count). The first kappa shape index (κ1) is 11.2. The summed E-state index contributed by atoms with van der Waals surface area (Å²) < 4.78 is 1.01. The van der Waals surface area contributed by atoms with Gasteiger partial charge in [-0.25, -0.2) is 4.79 Å². The summed E-state index contributed by atoms with van der Waals surface area (Å²) in [7, 11) is -1.71. The largest absolute Gasteiger partial charge is 0.488 e. The van der Waals surface area contributed by atoms with Crippen molar-refractivity contribution in [3.05, 3.63) is 34.8 Å². The van der Waals surface area contributed by atoms with Gasteiger partial charge in [-0.15, -0.1) is 0 Å². The van der Waals surface area contributed by atoms with Crippen LogP contribution in [0.5, 0.6) is 0 Å². The van der Waals surface area contributed by atoms with Gasteiger partial charge in [0.25, 0.3) is 5.56 Å². The molecule has 0 unspecified atom stereocenters. The van der Waals surface area contributed by atoms with Crippen LogP contribution >= 0.6 is 0 Å². The molecule has 0 saturated carbocycles. The molecule has 0 saturated heterocycles. The Labute approximate surface area is 84.9 Å². The lowest BCUT2D eigenvalue weighted by molar-refractivity contribution is -0.131. The summed E-state index contributed by atoms with van der Waals surface area (Å²) in [6.07, 6.45) is 3.12. The zero-order valence-electron chi connectivity index (χ0n) is 7.57. The van der Waals surface area contributed by atoms with E-state index in [0.717, 1.165) is 22.9 Å². The number of aliphatic carboxylic acids is 1. The highest BCUT2D eigenvalue weighted by Gasteiger charge is 2.11. The van der Waals surface area contributed by atoms with E-state index in [9.17, 15) is 9.59 Å². The normalized spacial score (nSPS) is 10.5. The second-order valence-corrected chi connectivity index (χ2v) is 2.73. The lowest BCUT2D eigenvalue weighted by Gasteiger charge is -2.00. The predicted molar refractivity (Wildman–Crippen MR) is 53.5 cm³/mol. The van der Waals surface area contributed by atoms with Crippen molar-refractivity contribution in [3.8, 4) is 0 Å². The first-order chi connectivity index (χ1) is 7.00. The van der Waals surface area contributed by atoms with E-state index in [1.807, 2.05) is 0 Å². The number of nitrogens with zero attached hydrogens (tertiary/aromatic N) is 1. The lowest BCUT2D eigenvalue weighted by Crippen LogP contribution is -2.34. The van der Waals surface area contributed by atoms with Crippen LogP contribution in [0, 0.1) is 0 Å². The van der Waals surface area contributed by atoms with Gasteiger partial charge in [0.15, 0.2) is 0 Å². The summed E-state index contributed by atoms with van der Waals surface area (Å²) in [5.41, 5.74) is -0.488. The molecular formula is C8H8BNO5. The maximum absolute atomic E-state index is 11.3. The van der Waals surface area contributed by atoms with Gasteiger partial charge in [-0.3, -0.25) is 9.36 Å². The maximum Gasteiger partial charge on any atom is 0.488 e. The minimum atomic E-state index is -1.71. The molecule has 0 amide bonds. The Morgan fingerprint density at radius 3 is 2.60 bits per heavy atom. The maximum atomic E-state index is 11.3. The topological polar surface area (TPSA) is 99.8 Å². The van der Waals surface area contributed by atoms with Crippen molar-refractivity contribution in [2.75, 3.05) is 0 Å². The molecule has 0 fully saturated rings. The molecule has 78 valence electrons. The molecule has 0 aliphatic carbocycles. The molecule has 0 bridgehead atoms. The van der Waals surface area contributed by atoms with Crippen LogP contribution in [0.15, 0.2) is 29.2 Å². The average Bonchev–Trinajstić information content (AvgIpc) is 2.15. The molecule has 0 radical (unpaired) electrons. The first-order valence-electron chi connectivity index (χ1n) is 4.00. The van der Waals surface area contributed by atoms with Crippen molar-refractivity contribution in [3.63, 3.8) is 0 Å². The van der Waals surface area contributed by atoms with Gasteiger partial charge < -0.3 is 15.2 Å². The Hall–Kier alpha value is -1.86. The van der Waals surface area contributed by atoms with Gasteiger partial charge in [-0.1, -0.05) is 0 Å². The molecule has 0 aliphatic rings. The van der Waals surface area contributed by atoms with Crippen LogP contribution in [0.3, 0.4) is 0 Å². The van der Waals surface area contributed by atoms with Crippen LogP contribution in [-0.2, 0) is 4.79 Å². The quantitative estimate of drug-likeness (QED) is 0.398. The molecule has 0 atom stereocenters. The monoisotopic (exact) mass is 209 g/mol. The van der Waals surface area contributed by atoms with Gasteiger partial charge in [0, 0.05) is 24.5 Å². The van der Waals surface area contributed by atoms with Crippen molar-refractivity contribution in [1.82, 2.24) is 4.57 Å². The number of hydrogen-bond acceptors (Lipinski definition) is 4. The standard InChI is InChI=1S/C8H8BNO5/c11-7-5-6(9(14)15)1-3-10(7)4-2-8(12)13/h1-5,14-15H,(H,12,13)/b4-2+. The lowest BCUT2D eigenvalue weighted by atomic mass is 9.81.